The molecule has 0 fully saturated rings. The van der Waals surface area contributed by atoms with Crippen LogP contribution in [0.4, 0.5) is 4.39 Å². The van der Waals surface area contributed by atoms with Gasteiger partial charge < -0.3 is 11.1 Å². The van der Waals surface area contributed by atoms with E-state index in [9.17, 15) is 14.0 Å². The molecule has 2 heterocycles. The molecular formula is C28H26Cl2FN5O2. The summed E-state index contributed by atoms with van der Waals surface area (Å²) in [6.45, 7) is 0. The number of aromatic nitrogens is 3. The lowest BCUT2D eigenvalue weighted by molar-refractivity contribution is -0.127. The van der Waals surface area contributed by atoms with E-state index in [1.165, 1.54) is 12.1 Å². The van der Waals surface area contributed by atoms with Crippen LogP contribution in [0.2, 0.25) is 10.0 Å². The van der Waals surface area contributed by atoms with Crippen LogP contribution in [0, 0.1) is 5.82 Å². The quantitative estimate of drug-likeness (QED) is 0.246. The number of nitrogens with one attached hydrogen (secondary N) is 1. The summed E-state index contributed by atoms with van der Waals surface area (Å²) in [7, 11) is 0. The Kier molecular flexibility index (Phi) is 9.10. The third kappa shape index (κ3) is 7.18. The first-order valence-corrected chi connectivity index (χ1v) is 12.8. The van der Waals surface area contributed by atoms with Gasteiger partial charge in [-0.05, 0) is 73.4 Å². The zero-order chi connectivity index (χ0) is 27.1. The molecule has 2 amide bonds. The number of nitrogens with zero attached hydrogens (tertiary/aromatic N) is 3. The number of nitrogens with two attached hydrogens (primary N) is 1. The highest BCUT2D eigenvalue weighted by Gasteiger charge is 2.19. The first-order valence-electron chi connectivity index (χ1n) is 12.1. The molecule has 0 radical (unpaired) electrons. The van der Waals surface area contributed by atoms with Crippen LogP contribution >= 0.6 is 23.2 Å². The fourth-order valence-corrected chi connectivity index (χ4v) is 4.32. The summed E-state index contributed by atoms with van der Waals surface area (Å²) < 4.78 is 15.0. The number of aryl methyl sites for hydroxylation is 1. The van der Waals surface area contributed by atoms with E-state index in [2.05, 4.69) is 10.3 Å². The Morgan fingerprint density at radius 1 is 1.03 bits per heavy atom. The van der Waals surface area contributed by atoms with Gasteiger partial charge in [0.25, 0.3) is 0 Å². The minimum Gasteiger partial charge on any atom is -0.368 e. The Morgan fingerprint density at radius 2 is 1.82 bits per heavy atom. The van der Waals surface area contributed by atoms with E-state index in [1.54, 1.807) is 36.7 Å². The summed E-state index contributed by atoms with van der Waals surface area (Å²) in [6.07, 6.45) is 5.81. The molecule has 0 spiro atoms. The third-order valence-corrected chi connectivity index (χ3v) is 6.75. The zero-order valence-corrected chi connectivity index (χ0v) is 21.9. The summed E-state index contributed by atoms with van der Waals surface area (Å²) >= 11 is 12.3. The van der Waals surface area contributed by atoms with E-state index in [1.807, 2.05) is 28.9 Å². The highest BCUT2D eigenvalue weighted by atomic mass is 35.5. The van der Waals surface area contributed by atoms with Crippen LogP contribution in [0.25, 0.3) is 16.9 Å². The molecule has 3 N–H and O–H groups in total. The lowest BCUT2D eigenvalue weighted by Gasteiger charge is -2.15. The number of carbonyl (C=O) groups excluding carboxylic acids is 2. The van der Waals surface area contributed by atoms with E-state index in [0.29, 0.717) is 34.9 Å². The Hall–Kier alpha value is -3.75. The lowest BCUT2D eigenvalue weighted by atomic mass is 10.0. The van der Waals surface area contributed by atoms with Crippen molar-refractivity contribution < 1.29 is 14.0 Å². The van der Waals surface area contributed by atoms with Crippen LogP contribution in [-0.4, -0.2) is 32.6 Å². The summed E-state index contributed by atoms with van der Waals surface area (Å²) in [4.78, 5) is 28.6. The van der Waals surface area contributed by atoms with Gasteiger partial charge in [0.05, 0.1) is 21.4 Å². The van der Waals surface area contributed by atoms with E-state index in [-0.39, 0.29) is 24.6 Å². The van der Waals surface area contributed by atoms with Crippen LogP contribution in [0.15, 0.2) is 73.1 Å². The van der Waals surface area contributed by atoms with Crippen molar-refractivity contribution in [2.75, 3.05) is 0 Å². The fraction of sp³-hybridized carbons (Fsp3) is 0.214. The predicted molar refractivity (Wildman–Crippen MR) is 146 cm³/mol. The highest BCUT2D eigenvalue weighted by Crippen LogP contribution is 2.27. The van der Waals surface area contributed by atoms with Gasteiger partial charge in [-0.2, -0.15) is 5.10 Å². The van der Waals surface area contributed by atoms with Crippen LogP contribution in [0.5, 0.6) is 0 Å². The van der Waals surface area contributed by atoms with Gasteiger partial charge in [0.2, 0.25) is 11.8 Å². The van der Waals surface area contributed by atoms with Crippen molar-refractivity contribution in [1.29, 1.82) is 0 Å². The summed E-state index contributed by atoms with van der Waals surface area (Å²) in [5.41, 5.74) is 9.54. The summed E-state index contributed by atoms with van der Waals surface area (Å²) in [5.74, 6) is -1.29. The average molecular weight is 554 g/mol. The van der Waals surface area contributed by atoms with Crippen LogP contribution in [0.3, 0.4) is 0 Å². The van der Waals surface area contributed by atoms with Crippen molar-refractivity contribution in [3.63, 3.8) is 0 Å². The largest absolute Gasteiger partial charge is 0.368 e. The molecule has 38 heavy (non-hydrogen) atoms. The van der Waals surface area contributed by atoms with Gasteiger partial charge in [0, 0.05) is 36.5 Å². The highest BCUT2D eigenvalue weighted by molar-refractivity contribution is 6.42. The predicted octanol–water partition coefficient (Wildman–Crippen LogP) is 5.31. The smallest absolute Gasteiger partial charge is 0.240 e. The maximum Gasteiger partial charge on any atom is 0.240 e. The molecule has 0 bridgehead atoms. The van der Waals surface area contributed by atoms with E-state index in [4.69, 9.17) is 34.0 Å². The molecule has 0 aliphatic heterocycles. The number of hydrogen-bond acceptors (Lipinski definition) is 4. The second kappa shape index (κ2) is 12.7. The van der Waals surface area contributed by atoms with E-state index >= 15 is 0 Å². The van der Waals surface area contributed by atoms with Crippen molar-refractivity contribution in [1.82, 2.24) is 20.1 Å². The van der Waals surface area contributed by atoms with Gasteiger partial charge in [-0.25, -0.2) is 9.07 Å². The minimum absolute atomic E-state index is 0.196. The number of amides is 2. The molecule has 10 heteroatoms. The van der Waals surface area contributed by atoms with Gasteiger partial charge in [0.15, 0.2) is 0 Å². The molecule has 0 aliphatic rings. The zero-order valence-electron chi connectivity index (χ0n) is 20.4. The number of pyridine rings is 1. The van der Waals surface area contributed by atoms with Crippen LogP contribution in [-0.2, 0) is 22.4 Å². The maximum atomic E-state index is 13.2. The molecule has 0 saturated carbocycles. The second-order valence-corrected chi connectivity index (χ2v) is 9.65. The summed E-state index contributed by atoms with van der Waals surface area (Å²) in [6, 6.07) is 16.0. The third-order valence-electron chi connectivity index (χ3n) is 6.01. The van der Waals surface area contributed by atoms with Gasteiger partial charge in [-0.15, -0.1) is 0 Å². The second-order valence-electron chi connectivity index (χ2n) is 8.83. The Morgan fingerprint density at radius 3 is 2.50 bits per heavy atom. The SMILES string of the molecule is NC(=O)C(Cc1ccc(F)cc1)NC(=O)CCCCc1cc(-c2cccnc2)nn1-c1ccc(Cl)c(Cl)c1. The number of unbranched alkanes of at least 4 members (excludes halogenated alkanes) is 1. The number of primary amides is 1. The van der Waals surface area contributed by atoms with Gasteiger partial charge in [-0.3, -0.25) is 14.6 Å². The maximum absolute atomic E-state index is 13.2. The number of rotatable bonds is 11. The molecule has 2 aromatic carbocycles. The Bertz CT molecular complexity index is 1410. The van der Waals surface area contributed by atoms with Crippen molar-refractivity contribution in [2.45, 2.75) is 38.1 Å². The number of halogens is 3. The molecule has 1 atom stereocenters. The standard InChI is InChI=1S/C28H26Cl2FN5O2/c29-23-12-11-22(15-24(23)30)36-21(16-25(35-36)19-4-3-13-33-17-19)5-1-2-6-27(37)34-26(28(32)38)14-18-7-9-20(31)10-8-18/h3-4,7-13,15-17,26H,1-2,5-6,14H2,(H2,32,38)(H,34,37). The average Bonchev–Trinajstić information content (AvgIpc) is 3.34. The lowest BCUT2D eigenvalue weighted by Crippen LogP contribution is -2.45. The first kappa shape index (κ1) is 27.3. The monoisotopic (exact) mass is 553 g/mol. The topological polar surface area (TPSA) is 103 Å². The van der Waals surface area contributed by atoms with Crippen LogP contribution < -0.4 is 11.1 Å². The fourth-order valence-electron chi connectivity index (χ4n) is 4.03. The van der Waals surface area contributed by atoms with Crippen molar-refractivity contribution in [3.8, 4) is 16.9 Å². The molecule has 4 rings (SSSR count). The van der Waals surface area contributed by atoms with Crippen molar-refractivity contribution in [3.05, 3.63) is 100 Å². The van der Waals surface area contributed by atoms with Gasteiger partial charge in [0.1, 0.15) is 11.9 Å². The van der Waals surface area contributed by atoms with E-state index < -0.39 is 11.9 Å². The minimum atomic E-state index is -0.869. The molecule has 2 aromatic heterocycles. The molecular weight excluding hydrogens is 528 g/mol. The Labute approximate surface area is 229 Å². The number of hydrogen-bond donors (Lipinski definition) is 2. The summed E-state index contributed by atoms with van der Waals surface area (Å²) in [5, 5.41) is 8.33. The van der Waals surface area contributed by atoms with Gasteiger partial charge >= 0.3 is 0 Å². The molecule has 7 nitrogen and oxygen atoms in total. The van der Waals surface area contributed by atoms with E-state index in [0.717, 1.165) is 22.6 Å². The normalized spacial score (nSPS) is 11.8. The molecule has 4 aromatic rings. The van der Waals surface area contributed by atoms with Gasteiger partial charge in [-0.1, -0.05) is 35.3 Å². The number of benzene rings is 2. The molecule has 0 saturated heterocycles. The van der Waals surface area contributed by atoms with Crippen molar-refractivity contribution in [2.24, 2.45) is 5.73 Å². The Balaban J connectivity index is 1.39. The molecule has 196 valence electrons. The molecule has 0 aliphatic carbocycles. The molecule has 1 unspecified atom stereocenters. The first-order chi connectivity index (χ1) is 18.3. The van der Waals surface area contributed by atoms with Crippen LogP contribution in [0.1, 0.15) is 30.5 Å². The van der Waals surface area contributed by atoms with Crippen molar-refractivity contribution >= 4 is 35.0 Å². The number of carbonyl (C=O) groups is 2.